The van der Waals surface area contributed by atoms with Crippen LogP contribution in [-0.4, -0.2) is 22.2 Å². The lowest BCUT2D eigenvalue weighted by atomic mass is 10.00. The third kappa shape index (κ3) is 2.35. The van der Waals surface area contributed by atoms with E-state index in [9.17, 15) is 27.2 Å². The molecule has 0 aliphatic rings. The number of carboxylic acid groups (broad SMARTS) is 2. The molecule has 0 saturated carbocycles. The number of aromatic carboxylic acids is 2. The molecule has 0 amide bonds. The fourth-order valence-corrected chi connectivity index (χ4v) is 1.25. The Morgan fingerprint density at radius 3 is 1.94 bits per heavy atom. The second kappa shape index (κ2) is 4.04. The van der Waals surface area contributed by atoms with E-state index in [0.29, 0.717) is 6.07 Å². The zero-order chi connectivity index (χ0) is 13.4. The second-order valence-corrected chi connectivity index (χ2v) is 2.95. The standard InChI is InChI=1S/C9H4F4O4/c10-4-2-1-3(7(14)15)5(8(16)17)6(4)9(11,12)13/h1-2H,(H,14,15)(H,16,17). The van der Waals surface area contributed by atoms with Crippen molar-refractivity contribution in [1.82, 2.24) is 0 Å². The zero-order valence-electron chi connectivity index (χ0n) is 7.88. The predicted molar refractivity (Wildman–Crippen MR) is 45.3 cm³/mol. The molecule has 0 spiro atoms. The van der Waals surface area contributed by atoms with Crippen molar-refractivity contribution in [3.8, 4) is 0 Å². The largest absolute Gasteiger partial charge is 0.478 e. The molecule has 0 aromatic heterocycles. The summed E-state index contributed by atoms with van der Waals surface area (Å²) >= 11 is 0. The number of halogens is 4. The van der Waals surface area contributed by atoms with Crippen LogP contribution in [0.3, 0.4) is 0 Å². The van der Waals surface area contributed by atoms with Gasteiger partial charge in [-0.2, -0.15) is 13.2 Å². The Bertz CT molecular complexity index is 493. The molecule has 1 aromatic rings. The molecule has 0 fully saturated rings. The van der Waals surface area contributed by atoms with Crippen LogP contribution in [0.5, 0.6) is 0 Å². The van der Waals surface area contributed by atoms with Crippen LogP contribution in [0.15, 0.2) is 12.1 Å². The average Bonchev–Trinajstić information content (AvgIpc) is 2.14. The van der Waals surface area contributed by atoms with Crippen LogP contribution in [0.2, 0.25) is 0 Å². The van der Waals surface area contributed by atoms with Gasteiger partial charge in [-0.25, -0.2) is 14.0 Å². The van der Waals surface area contributed by atoms with E-state index in [1.165, 1.54) is 0 Å². The van der Waals surface area contributed by atoms with Gasteiger partial charge in [0.2, 0.25) is 0 Å². The lowest BCUT2D eigenvalue weighted by molar-refractivity contribution is -0.140. The highest BCUT2D eigenvalue weighted by atomic mass is 19.4. The van der Waals surface area contributed by atoms with Crippen LogP contribution in [0.4, 0.5) is 17.6 Å². The van der Waals surface area contributed by atoms with Gasteiger partial charge < -0.3 is 10.2 Å². The number of hydrogen-bond acceptors (Lipinski definition) is 2. The summed E-state index contributed by atoms with van der Waals surface area (Å²) < 4.78 is 50.2. The van der Waals surface area contributed by atoms with E-state index in [1.54, 1.807) is 0 Å². The number of alkyl halides is 3. The Labute approximate surface area is 91.1 Å². The van der Waals surface area contributed by atoms with E-state index in [-0.39, 0.29) is 6.07 Å². The van der Waals surface area contributed by atoms with Gasteiger partial charge in [0.1, 0.15) is 11.4 Å². The number of benzene rings is 1. The molecule has 0 bridgehead atoms. The summed E-state index contributed by atoms with van der Waals surface area (Å²) in [7, 11) is 0. The highest BCUT2D eigenvalue weighted by Crippen LogP contribution is 2.35. The highest BCUT2D eigenvalue weighted by Gasteiger charge is 2.40. The Hall–Kier alpha value is -2.12. The third-order valence-corrected chi connectivity index (χ3v) is 1.88. The normalized spacial score (nSPS) is 11.3. The summed E-state index contributed by atoms with van der Waals surface area (Å²) in [5.74, 6) is -5.87. The second-order valence-electron chi connectivity index (χ2n) is 2.95. The Balaban J connectivity index is 3.73. The molecule has 17 heavy (non-hydrogen) atoms. The molecule has 0 aliphatic heterocycles. The van der Waals surface area contributed by atoms with Crippen LogP contribution in [0.1, 0.15) is 26.3 Å². The summed E-state index contributed by atoms with van der Waals surface area (Å²) in [5, 5.41) is 17.1. The van der Waals surface area contributed by atoms with E-state index in [4.69, 9.17) is 10.2 Å². The van der Waals surface area contributed by atoms with Crippen molar-refractivity contribution in [1.29, 1.82) is 0 Å². The zero-order valence-corrected chi connectivity index (χ0v) is 7.88. The Morgan fingerprint density at radius 2 is 1.59 bits per heavy atom. The molecule has 0 radical (unpaired) electrons. The molecule has 0 atom stereocenters. The van der Waals surface area contributed by atoms with E-state index in [1.807, 2.05) is 0 Å². The van der Waals surface area contributed by atoms with Crippen LogP contribution in [0.25, 0.3) is 0 Å². The summed E-state index contributed by atoms with van der Waals surface area (Å²) in [5.41, 5.74) is -4.82. The minimum atomic E-state index is -5.29. The predicted octanol–water partition coefficient (Wildman–Crippen LogP) is 2.24. The van der Waals surface area contributed by atoms with Crippen LogP contribution in [-0.2, 0) is 6.18 Å². The van der Waals surface area contributed by atoms with Crippen molar-refractivity contribution >= 4 is 11.9 Å². The van der Waals surface area contributed by atoms with Crippen LogP contribution < -0.4 is 0 Å². The van der Waals surface area contributed by atoms with E-state index >= 15 is 0 Å². The first-order valence-corrected chi connectivity index (χ1v) is 4.02. The lowest BCUT2D eigenvalue weighted by Crippen LogP contribution is -2.19. The average molecular weight is 252 g/mol. The van der Waals surface area contributed by atoms with Crippen molar-refractivity contribution < 1.29 is 37.4 Å². The quantitative estimate of drug-likeness (QED) is 0.791. The summed E-state index contributed by atoms with van der Waals surface area (Å²) in [6, 6.07) is 0.731. The molecule has 0 aliphatic carbocycles. The van der Waals surface area contributed by atoms with Gasteiger partial charge in [-0.3, -0.25) is 0 Å². The van der Waals surface area contributed by atoms with Gasteiger partial charge in [0.25, 0.3) is 0 Å². The molecule has 2 N–H and O–H groups in total. The van der Waals surface area contributed by atoms with Crippen LogP contribution in [0, 0.1) is 5.82 Å². The Morgan fingerprint density at radius 1 is 1.06 bits per heavy atom. The molecule has 8 heteroatoms. The van der Waals surface area contributed by atoms with Gasteiger partial charge in [0.05, 0.1) is 11.1 Å². The SMILES string of the molecule is O=C(O)c1ccc(F)c(C(F)(F)F)c1C(=O)O. The maximum atomic E-state index is 13.0. The van der Waals surface area contributed by atoms with Crippen molar-refractivity contribution in [3.63, 3.8) is 0 Å². The first-order valence-electron chi connectivity index (χ1n) is 4.02. The van der Waals surface area contributed by atoms with E-state index in [2.05, 4.69) is 0 Å². The molecular formula is C9H4F4O4. The monoisotopic (exact) mass is 252 g/mol. The summed E-state index contributed by atoms with van der Waals surface area (Å²) in [6.45, 7) is 0. The number of hydrogen-bond donors (Lipinski definition) is 2. The molecule has 92 valence electrons. The number of rotatable bonds is 2. The topological polar surface area (TPSA) is 74.6 Å². The Kier molecular flexibility index (Phi) is 3.08. The van der Waals surface area contributed by atoms with Crippen molar-refractivity contribution in [2.45, 2.75) is 6.18 Å². The maximum Gasteiger partial charge on any atom is 0.420 e. The van der Waals surface area contributed by atoms with Gasteiger partial charge in [0, 0.05) is 0 Å². The van der Waals surface area contributed by atoms with E-state index in [0.717, 1.165) is 0 Å². The first-order chi connectivity index (χ1) is 7.66. The lowest BCUT2D eigenvalue weighted by Gasteiger charge is -2.12. The summed E-state index contributed by atoms with van der Waals surface area (Å²) in [6.07, 6.45) is -5.29. The molecule has 1 aromatic carbocycles. The number of carbonyl (C=O) groups is 2. The van der Waals surface area contributed by atoms with Gasteiger partial charge in [0.15, 0.2) is 0 Å². The van der Waals surface area contributed by atoms with Gasteiger partial charge in [-0.1, -0.05) is 0 Å². The van der Waals surface area contributed by atoms with Crippen molar-refractivity contribution in [3.05, 3.63) is 34.6 Å². The van der Waals surface area contributed by atoms with E-state index < -0.39 is 40.6 Å². The van der Waals surface area contributed by atoms with Gasteiger partial charge >= 0.3 is 18.1 Å². The van der Waals surface area contributed by atoms with Crippen LogP contribution >= 0.6 is 0 Å². The molecular weight excluding hydrogens is 248 g/mol. The molecule has 0 unspecified atom stereocenters. The fraction of sp³-hybridized carbons (Fsp3) is 0.111. The minimum absolute atomic E-state index is 0.263. The minimum Gasteiger partial charge on any atom is -0.478 e. The molecule has 4 nitrogen and oxygen atoms in total. The smallest absolute Gasteiger partial charge is 0.420 e. The fourth-order valence-electron chi connectivity index (χ4n) is 1.25. The first kappa shape index (κ1) is 12.9. The number of carboxylic acids is 2. The molecule has 0 saturated heterocycles. The third-order valence-electron chi connectivity index (χ3n) is 1.88. The molecule has 0 heterocycles. The van der Waals surface area contributed by atoms with Gasteiger partial charge in [-0.15, -0.1) is 0 Å². The van der Waals surface area contributed by atoms with Gasteiger partial charge in [-0.05, 0) is 12.1 Å². The van der Waals surface area contributed by atoms with Crippen molar-refractivity contribution in [2.24, 2.45) is 0 Å². The maximum absolute atomic E-state index is 13.0. The summed E-state index contributed by atoms with van der Waals surface area (Å²) in [4.78, 5) is 21.2. The highest BCUT2D eigenvalue weighted by molar-refractivity contribution is 6.02. The van der Waals surface area contributed by atoms with Crippen molar-refractivity contribution in [2.75, 3.05) is 0 Å². The molecule has 1 rings (SSSR count).